The van der Waals surface area contributed by atoms with Crippen molar-refractivity contribution < 1.29 is 28.2 Å². The highest BCUT2D eigenvalue weighted by Gasteiger charge is 2.32. The Bertz CT molecular complexity index is 817. The van der Waals surface area contributed by atoms with Gasteiger partial charge in [0.05, 0.1) is 18.9 Å². The third kappa shape index (κ3) is 5.10. The Morgan fingerprint density at radius 3 is 2.19 bits per heavy atom. The molecular formula is C18H19FN2O5S. The van der Waals surface area contributed by atoms with Crippen LogP contribution in [0.5, 0.6) is 0 Å². The first-order chi connectivity index (χ1) is 12.9. The summed E-state index contributed by atoms with van der Waals surface area (Å²) in [5, 5.41) is 2.85. The number of rotatable bonds is 7. The van der Waals surface area contributed by atoms with Gasteiger partial charge < -0.3 is 14.8 Å². The molecule has 0 aliphatic carbocycles. The molecule has 0 aliphatic rings. The molecule has 0 radical (unpaired) electrons. The first kappa shape index (κ1) is 20.5. The summed E-state index contributed by atoms with van der Waals surface area (Å²) in [4.78, 5) is 41.1. The molecule has 0 unspecified atom stereocenters. The fraction of sp³-hybridized carbons (Fsp3) is 0.333. The van der Waals surface area contributed by atoms with Gasteiger partial charge in [0, 0.05) is 5.56 Å². The van der Waals surface area contributed by atoms with Gasteiger partial charge in [-0.2, -0.15) is 0 Å². The van der Waals surface area contributed by atoms with E-state index in [1.54, 1.807) is 32.9 Å². The fourth-order valence-corrected chi connectivity index (χ4v) is 3.16. The lowest BCUT2D eigenvalue weighted by Crippen LogP contribution is -2.48. The quantitative estimate of drug-likeness (QED) is 0.573. The van der Waals surface area contributed by atoms with Gasteiger partial charge >= 0.3 is 11.9 Å². The zero-order valence-corrected chi connectivity index (χ0v) is 15.9. The normalized spacial score (nSPS) is 10.6. The van der Waals surface area contributed by atoms with Gasteiger partial charge in [0.15, 0.2) is 0 Å². The maximum Gasteiger partial charge on any atom is 0.340 e. The van der Waals surface area contributed by atoms with Crippen molar-refractivity contribution in [1.29, 1.82) is 0 Å². The summed E-state index contributed by atoms with van der Waals surface area (Å²) in [5.41, 5.74) is 1.07. The smallest absolute Gasteiger partial charge is 0.340 e. The molecule has 0 saturated heterocycles. The van der Waals surface area contributed by atoms with Crippen LogP contribution in [-0.2, 0) is 19.1 Å². The highest BCUT2D eigenvalue weighted by atomic mass is 32.1. The molecular weight excluding hydrogens is 375 g/mol. The maximum absolute atomic E-state index is 13.1. The summed E-state index contributed by atoms with van der Waals surface area (Å²) < 4.78 is 22.7. The van der Waals surface area contributed by atoms with Crippen molar-refractivity contribution in [1.82, 2.24) is 10.3 Å². The van der Waals surface area contributed by atoms with Crippen molar-refractivity contribution >= 4 is 29.2 Å². The van der Waals surface area contributed by atoms with Crippen LogP contribution in [0.2, 0.25) is 0 Å². The molecule has 1 aromatic heterocycles. The lowest BCUT2D eigenvalue weighted by molar-refractivity contribution is -0.157. The monoisotopic (exact) mass is 394 g/mol. The summed E-state index contributed by atoms with van der Waals surface area (Å²) in [6, 6.07) is 4.13. The van der Waals surface area contributed by atoms with Crippen molar-refractivity contribution in [2.24, 2.45) is 0 Å². The van der Waals surface area contributed by atoms with Crippen LogP contribution in [0.3, 0.4) is 0 Å². The van der Waals surface area contributed by atoms with Crippen molar-refractivity contribution in [2.45, 2.75) is 26.8 Å². The molecule has 2 aromatic rings. The molecule has 0 fully saturated rings. The Labute approximate surface area is 159 Å². The summed E-state index contributed by atoms with van der Waals surface area (Å²) in [7, 11) is 0. The van der Waals surface area contributed by atoms with E-state index in [1.165, 1.54) is 12.1 Å². The van der Waals surface area contributed by atoms with Gasteiger partial charge in [-0.3, -0.25) is 4.79 Å². The van der Waals surface area contributed by atoms with Crippen LogP contribution in [0, 0.1) is 12.7 Å². The van der Waals surface area contributed by atoms with Gasteiger partial charge in [0.2, 0.25) is 6.04 Å². The Morgan fingerprint density at radius 1 is 1.11 bits per heavy atom. The third-order valence-electron chi connectivity index (χ3n) is 3.41. The number of ether oxygens (including phenoxy) is 2. The predicted molar refractivity (Wildman–Crippen MR) is 96.8 cm³/mol. The first-order valence-electron chi connectivity index (χ1n) is 8.24. The Hall–Kier alpha value is -2.81. The number of carbonyl (C=O) groups is 3. The van der Waals surface area contributed by atoms with E-state index in [2.05, 4.69) is 10.3 Å². The van der Waals surface area contributed by atoms with E-state index in [1.807, 2.05) is 0 Å². The number of nitrogens with zero attached hydrogens (tertiary/aromatic N) is 1. The van der Waals surface area contributed by atoms with E-state index in [9.17, 15) is 18.8 Å². The first-order valence-corrected chi connectivity index (χ1v) is 9.06. The average Bonchev–Trinajstić information content (AvgIpc) is 3.02. The molecule has 1 N–H and O–H groups in total. The molecule has 2 rings (SSSR count). The second-order valence-corrected chi connectivity index (χ2v) is 6.35. The minimum absolute atomic E-state index is 0.0545. The van der Waals surface area contributed by atoms with Crippen molar-refractivity contribution in [2.75, 3.05) is 13.2 Å². The second kappa shape index (κ2) is 9.22. The SMILES string of the molecule is CCOC(=O)C(NC(=O)c1sc(-c2ccc(F)cc2)nc1C)C(=O)OCC. The fourth-order valence-electron chi connectivity index (χ4n) is 2.18. The molecule has 1 aromatic carbocycles. The molecule has 27 heavy (non-hydrogen) atoms. The van der Waals surface area contributed by atoms with Crippen LogP contribution in [0.25, 0.3) is 10.6 Å². The molecule has 9 heteroatoms. The lowest BCUT2D eigenvalue weighted by atomic mass is 10.2. The third-order valence-corrected chi connectivity index (χ3v) is 4.62. The number of hydrogen-bond acceptors (Lipinski definition) is 7. The number of nitrogens with one attached hydrogen (secondary N) is 1. The van der Waals surface area contributed by atoms with E-state index < -0.39 is 23.9 Å². The Morgan fingerprint density at radius 2 is 1.67 bits per heavy atom. The highest BCUT2D eigenvalue weighted by molar-refractivity contribution is 7.17. The number of aryl methyl sites for hydroxylation is 1. The van der Waals surface area contributed by atoms with Gasteiger partial charge in [-0.05, 0) is 45.0 Å². The number of carbonyl (C=O) groups excluding carboxylic acids is 3. The number of esters is 2. The van der Waals surface area contributed by atoms with Crippen LogP contribution in [0.1, 0.15) is 29.2 Å². The Balaban J connectivity index is 2.23. The highest BCUT2D eigenvalue weighted by Crippen LogP contribution is 2.28. The van der Waals surface area contributed by atoms with Crippen LogP contribution < -0.4 is 5.32 Å². The Kier molecular flexibility index (Phi) is 7.00. The summed E-state index contributed by atoms with van der Waals surface area (Å²) in [6.45, 7) is 4.91. The second-order valence-electron chi connectivity index (χ2n) is 5.35. The van der Waals surface area contributed by atoms with E-state index in [4.69, 9.17) is 9.47 Å². The zero-order valence-electron chi connectivity index (χ0n) is 15.1. The molecule has 1 heterocycles. The van der Waals surface area contributed by atoms with Gasteiger partial charge in [0.1, 0.15) is 15.7 Å². The summed E-state index contributed by atoms with van der Waals surface area (Å²) >= 11 is 1.07. The molecule has 7 nitrogen and oxygen atoms in total. The van der Waals surface area contributed by atoms with Crippen molar-refractivity contribution in [3.63, 3.8) is 0 Å². The zero-order chi connectivity index (χ0) is 20.0. The minimum Gasteiger partial charge on any atom is -0.464 e. The van der Waals surface area contributed by atoms with Crippen molar-refractivity contribution in [3.05, 3.63) is 40.7 Å². The van der Waals surface area contributed by atoms with E-state index in [-0.39, 0.29) is 23.9 Å². The largest absolute Gasteiger partial charge is 0.464 e. The van der Waals surface area contributed by atoms with E-state index in [0.717, 1.165) is 11.3 Å². The van der Waals surface area contributed by atoms with Crippen LogP contribution in [0.15, 0.2) is 24.3 Å². The molecule has 144 valence electrons. The summed E-state index contributed by atoms with van der Waals surface area (Å²) in [6.07, 6.45) is 0. The lowest BCUT2D eigenvalue weighted by Gasteiger charge is -2.15. The van der Waals surface area contributed by atoms with Gasteiger partial charge in [-0.25, -0.2) is 19.0 Å². The molecule has 0 bridgehead atoms. The topological polar surface area (TPSA) is 94.6 Å². The number of aromatic nitrogens is 1. The van der Waals surface area contributed by atoms with Crippen LogP contribution >= 0.6 is 11.3 Å². The summed E-state index contributed by atoms with van der Waals surface area (Å²) in [5.74, 6) is -2.82. The van der Waals surface area contributed by atoms with Crippen molar-refractivity contribution in [3.8, 4) is 10.6 Å². The maximum atomic E-state index is 13.1. The average molecular weight is 394 g/mol. The van der Waals surface area contributed by atoms with Crippen LogP contribution in [-0.4, -0.2) is 42.1 Å². The van der Waals surface area contributed by atoms with Gasteiger partial charge in [-0.15, -0.1) is 11.3 Å². The van der Waals surface area contributed by atoms with Gasteiger partial charge in [0.25, 0.3) is 5.91 Å². The number of halogens is 1. The standard InChI is InChI=1S/C18H19FN2O5S/c1-4-25-17(23)13(18(24)26-5-2)21-15(22)14-10(3)20-16(27-14)11-6-8-12(19)9-7-11/h6-9,13H,4-5H2,1-3H3,(H,21,22). The van der Waals surface area contributed by atoms with E-state index >= 15 is 0 Å². The minimum atomic E-state index is -1.56. The number of thiazole rings is 1. The van der Waals surface area contributed by atoms with Crippen LogP contribution in [0.4, 0.5) is 4.39 Å². The molecule has 0 aliphatic heterocycles. The number of benzene rings is 1. The molecule has 0 spiro atoms. The molecule has 1 amide bonds. The number of amides is 1. The predicted octanol–water partition coefficient (Wildman–Crippen LogP) is 2.48. The number of hydrogen-bond donors (Lipinski definition) is 1. The van der Waals surface area contributed by atoms with E-state index in [0.29, 0.717) is 16.3 Å². The van der Waals surface area contributed by atoms with Gasteiger partial charge in [-0.1, -0.05) is 0 Å². The molecule has 0 atom stereocenters. The molecule has 0 saturated carbocycles.